The van der Waals surface area contributed by atoms with Crippen molar-refractivity contribution in [3.63, 3.8) is 0 Å². The molecule has 0 saturated heterocycles. The average molecular weight is 328 g/mol. The third-order valence-corrected chi connectivity index (χ3v) is 4.37. The highest BCUT2D eigenvalue weighted by Crippen LogP contribution is 2.30. The minimum absolute atomic E-state index is 0.122. The lowest BCUT2D eigenvalue weighted by atomic mass is 9.99. The van der Waals surface area contributed by atoms with E-state index in [9.17, 15) is 4.39 Å². The fourth-order valence-corrected chi connectivity index (χ4v) is 3.16. The van der Waals surface area contributed by atoms with Crippen LogP contribution in [0.1, 0.15) is 29.7 Å². The zero-order valence-electron chi connectivity index (χ0n) is 10.3. The number of rotatable bonds is 4. The van der Waals surface area contributed by atoms with Crippen molar-refractivity contribution in [2.45, 2.75) is 19.9 Å². The highest BCUT2D eigenvalue weighted by Gasteiger charge is 2.15. The van der Waals surface area contributed by atoms with Crippen LogP contribution in [0.5, 0.6) is 0 Å². The van der Waals surface area contributed by atoms with Crippen molar-refractivity contribution in [1.29, 1.82) is 0 Å². The van der Waals surface area contributed by atoms with Gasteiger partial charge in [-0.25, -0.2) is 4.39 Å². The molecule has 1 N–H and O–H groups in total. The summed E-state index contributed by atoms with van der Waals surface area (Å²) >= 11 is 5.14. The maximum Gasteiger partial charge on any atom is 0.126 e. The molecule has 2 aromatic rings. The van der Waals surface area contributed by atoms with Crippen molar-refractivity contribution in [3.05, 3.63) is 55.9 Å². The second-order valence-electron chi connectivity index (χ2n) is 4.18. The lowest BCUT2D eigenvalue weighted by Gasteiger charge is -2.18. The van der Waals surface area contributed by atoms with Gasteiger partial charge in [0.1, 0.15) is 5.82 Å². The maximum atomic E-state index is 13.3. The summed E-state index contributed by atoms with van der Waals surface area (Å²) in [6.07, 6.45) is 0. The molecule has 0 aliphatic carbocycles. The summed E-state index contributed by atoms with van der Waals surface area (Å²) in [6, 6.07) is 7.53. The predicted molar refractivity (Wildman–Crippen MR) is 78.7 cm³/mol. The van der Waals surface area contributed by atoms with E-state index < -0.39 is 0 Å². The van der Waals surface area contributed by atoms with E-state index in [0.717, 1.165) is 15.9 Å². The number of halogens is 2. The van der Waals surface area contributed by atoms with Crippen LogP contribution in [0, 0.1) is 12.7 Å². The SMILES string of the molecule is CCNC(c1csc(Br)c1)c1ccc(F)c(C)c1. The van der Waals surface area contributed by atoms with E-state index in [2.05, 4.69) is 39.6 Å². The summed E-state index contributed by atoms with van der Waals surface area (Å²) in [4.78, 5) is 0. The largest absolute Gasteiger partial charge is 0.307 e. The predicted octanol–water partition coefficient (Wildman–Crippen LogP) is 4.66. The Morgan fingerprint density at radius 3 is 2.67 bits per heavy atom. The Kier molecular flexibility index (Phi) is 4.54. The minimum atomic E-state index is -0.152. The molecule has 4 heteroatoms. The second kappa shape index (κ2) is 5.95. The molecule has 0 aliphatic rings. The average Bonchev–Trinajstić information content (AvgIpc) is 2.76. The molecule has 96 valence electrons. The van der Waals surface area contributed by atoms with Crippen molar-refractivity contribution in [2.24, 2.45) is 0 Å². The Bertz CT molecular complexity index is 538. The normalized spacial score (nSPS) is 12.7. The van der Waals surface area contributed by atoms with Crippen molar-refractivity contribution in [3.8, 4) is 0 Å². The van der Waals surface area contributed by atoms with Crippen molar-refractivity contribution in [1.82, 2.24) is 5.32 Å². The molecular weight excluding hydrogens is 313 g/mol. The van der Waals surface area contributed by atoms with Crippen molar-refractivity contribution in [2.75, 3.05) is 6.54 Å². The zero-order valence-corrected chi connectivity index (χ0v) is 12.7. The van der Waals surface area contributed by atoms with E-state index >= 15 is 0 Å². The van der Waals surface area contributed by atoms with E-state index in [-0.39, 0.29) is 11.9 Å². The molecule has 1 nitrogen and oxygen atoms in total. The lowest BCUT2D eigenvalue weighted by molar-refractivity contribution is 0.607. The third kappa shape index (κ3) is 2.99. The van der Waals surface area contributed by atoms with Gasteiger partial charge in [-0.05, 0) is 63.6 Å². The number of nitrogens with one attached hydrogen (secondary N) is 1. The van der Waals surface area contributed by atoms with Crippen LogP contribution in [0.3, 0.4) is 0 Å². The van der Waals surface area contributed by atoms with Gasteiger partial charge in [0.2, 0.25) is 0 Å². The minimum Gasteiger partial charge on any atom is -0.307 e. The topological polar surface area (TPSA) is 12.0 Å². The molecule has 1 aromatic carbocycles. The molecule has 0 radical (unpaired) electrons. The summed E-state index contributed by atoms with van der Waals surface area (Å²) in [6.45, 7) is 4.74. The first-order valence-corrected chi connectivity index (χ1v) is 7.52. The van der Waals surface area contributed by atoms with Gasteiger partial charge in [-0.15, -0.1) is 11.3 Å². The molecule has 18 heavy (non-hydrogen) atoms. The van der Waals surface area contributed by atoms with Gasteiger partial charge in [0.05, 0.1) is 9.83 Å². The van der Waals surface area contributed by atoms with Gasteiger partial charge in [-0.2, -0.15) is 0 Å². The maximum absolute atomic E-state index is 13.3. The summed E-state index contributed by atoms with van der Waals surface area (Å²) in [7, 11) is 0. The Morgan fingerprint density at radius 2 is 2.11 bits per heavy atom. The lowest BCUT2D eigenvalue weighted by Crippen LogP contribution is -2.21. The van der Waals surface area contributed by atoms with Gasteiger partial charge in [-0.1, -0.05) is 19.1 Å². The molecule has 0 fully saturated rings. The number of thiophene rings is 1. The smallest absolute Gasteiger partial charge is 0.126 e. The summed E-state index contributed by atoms with van der Waals surface area (Å²) < 4.78 is 14.4. The molecule has 1 unspecified atom stereocenters. The standard InChI is InChI=1S/C14H15BrFNS/c1-3-17-14(11-7-13(15)18-8-11)10-4-5-12(16)9(2)6-10/h4-8,14,17H,3H2,1-2H3. The fourth-order valence-electron chi connectivity index (χ4n) is 1.95. The summed E-state index contributed by atoms with van der Waals surface area (Å²) in [5.74, 6) is -0.152. The Hall–Kier alpha value is -0.710. The number of benzene rings is 1. The van der Waals surface area contributed by atoms with Gasteiger partial charge in [0.25, 0.3) is 0 Å². The summed E-state index contributed by atoms with van der Waals surface area (Å²) in [5, 5.41) is 5.56. The van der Waals surface area contributed by atoms with Gasteiger partial charge in [0, 0.05) is 0 Å². The van der Waals surface area contributed by atoms with Crippen LogP contribution in [-0.2, 0) is 0 Å². The van der Waals surface area contributed by atoms with Gasteiger partial charge in [0.15, 0.2) is 0 Å². The van der Waals surface area contributed by atoms with E-state index in [4.69, 9.17) is 0 Å². The summed E-state index contributed by atoms with van der Waals surface area (Å²) in [5.41, 5.74) is 2.99. The number of aryl methyl sites for hydroxylation is 1. The highest BCUT2D eigenvalue weighted by molar-refractivity contribution is 9.11. The van der Waals surface area contributed by atoms with Crippen LogP contribution < -0.4 is 5.32 Å². The molecule has 0 amide bonds. The van der Waals surface area contributed by atoms with Crippen LogP contribution in [0.15, 0.2) is 33.4 Å². The number of hydrogen-bond acceptors (Lipinski definition) is 2. The molecule has 0 aliphatic heterocycles. The molecule has 1 aromatic heterocycles. The molecular formula is C14H15BrFNS. The zero-order chi connectivity index (χ0) is 13.1. The van der Waals surface area contributed by atoms with E-state index in [0.29, 0.717) is 5.56 Å². The Morgan fingerprint density at radius 1 is 1.33 bits per heavy atom. The monoisotopic (exact) mass is 327 g/mol. The fraction of sp³-hybridized carbons (Fsp3) is 0.286. The van der Waals surface area contributed by atoms with Crippen LogP contribution in [0.4, 0.5) is 4.39 Å². The molecule has 2 rings (SSSR count). The van der Waals surface area contributed by atoms with Gasteiger partial charge < -0.3 is 5.32 Å². The number of hydrogen-bond donors (Lipinski definition) is 1. The van der Waals surface area contributed by atoms with Crippen molar-refractivity contribution >= 4 is 27.3 Å². The molecule has 1 heterocycles. The van der Waals surface area contributed by atoms with Crippen molar-refractivity contribution < 1.29 is 4.39 Å². The molecule has 1 atom stereocenters. The third-order valence-electron chi connectivity index (χ3n) is 2.84. The molecule has 0 saturated carbocycles. The molecule has 0 spiro atoms. The van der Waals surface area contributed by atoms with Crippen LogP contribution in [-0.4, -0.2) is 6.54 Å². The van der Waals surface area contributed by atoms with Gasteiger partial charge >= 0.3 is 0 Å². The molecule has 0 bridgehead atoms. The van der Waals surface area contributed by atoms with Crippen LogP contribution in [0.25, 0.3) is 0 Å². The Balaban J connectivity index is 2.37. The first-order chi connectivity index (χ1) is 8.61. The van der Waals surface area contributed by atoms with Crippen LogP contribution >= 0.6 is 27.3 Å². The Labute approximate surface area is 119 Å². The quantitative estimate of drug-likeness (QED) is 0.861. The highest BCUT2D eigenvalue weighted by atomic mass is 79.9. The van der Waals surface area contributed by atoms with E-state index in [1.165, 1.54) is 11.6 Å². The van der Waals surface area contributed by atoms with E-state index in [1.54, 1.807) is 18.3 Å². The van der Waals surface area contributed by atoms with E-state index in [1.807, 2.05) is 12.1 Å². The second-order valence-corrected chi connectivity index (χ2v) is 6.47. The van der Waals surface area contributed by atoms with Crippen LogP contribution in [0.2, 0.25) is 0 Å². The first-order valence-electron chi connectivity index (χ1n) is 5.85. The van der Waals surface area contributed by atoms with Gasteiger partial charge in [-0.3, -0.25) is 0 Å². The first kappa shape index (κ1) is 13.7.